The Morgan fingerprint density at radius 2 is 1.90 bits per heavy atom. The molecule has 3 heteroatoms. The van der Waals surface area contributed by atoms with Crippen molar-refractivity contribution in [3.63, 3.8) is 0 Å². The van der Waals surface area contributed by atoms with E-state index in [1.165, 1.54) is 36.4 Å². The van der Waals surface area contributed by atoms with Gasteiger partial charge in [-0.15, -0.1) is 0 Å². The molecule has 1 aromatic rings. The molecular formula is C18H30NO2+. The molecule has 2 rings (SSSR count). The van der Waals surface area contributed by atoms with Crippen molar-refractivity contribution in [2.45, 2.75) is 45.6 Å². The van der Waals surface area contributed by atoms with Crippen LogP contribution >= 0.6 is 0 Å². The standard InChI is InChI=1S/C18H29NO2/c1-14(2)17-6-4-5-7-18(17)21-13-16(20)12-19-10-8-15(3)9-11-19/h4-7,14-16,20H,8-13H2,1-3H3/p+1/t16-/m1/s1. The highest BCUT2D eigenvalue weighted by Crippen LogP contribution is 2.25. The molecule has 21 heavy (non-hydrogen) atoms. The summed E-state index contributed by atoms with van der Waals surface area (Å²) in [6.07, 6.45) is 2.17. The zero-order valence-corrected chi connectivity index (χ0v) is 13.6. The van der Waals surface area contributed by atoms with Crippen LogP contribution < -0.4 is 9.64 Å². The lowest BCUT2D eigenvalue weighted by Crippen LogP contribution is -3.14. The summed E-state index contributed by atoms with van der Waals surface area (Å²) in [7, 11) is 0. The van der Waals surface area contributed by atoms with E-state index < -0.39 is 0 Å². The number of ether oxygens (including phenoxy) is 1. The molecular weight excluding hydrogens is 262 g/mol. The Bertz CT molecular complexity index is 425. The third-order valence-electron chi connectivity index (χ3n) is 4.48. The molecule has 0 radical (unpaired) electrons. The quantitative estimate of drug-likeness (QED) is 0.839. The maximum absolute atomic E-state index is 10.2. The molecule has 118 valence electrons. The van der Waals surface area contributed by atoms with Crippen LogP contribution in [0.25, 0.3) is 0 Å². The van der Waals surface area contributed by atoms with E-state index >= 15 is 0 Å². The summed E-state index contributed by atoms with van der Waals surface area (Å²) in [5.41, 5.74) is 1.21. The fourth-order valence-electron chi connectivity index (χ4n) is 3.04. The highest BCUT2D eigenvalue weighted by Gasteiger charge is 2.22. The van der Waals surface area contributed by atoms with Crippen LogP contribution in [0.2, 0.25) is 0 Å². The largest absolute Gasteiger partial charge is 0.490 e. The summed E-state index contributed by atoms with van der Waals surface area (Å²) in [4.78, 5) is 1.52. The van der Waals surface area contributed by atoms with Crippen molar-refractivity contribution in [2.24, 2.45) is 5.92 Å². The molecule has 0 saturated carbocycles. The lowest BCUT2D eigenvalue weighted by molar-refractivity contribution is -0.909. The van der Waals surface area contributed by atoms with Gasteiger partial charge in [-0.05, 0) is 36.3 Å². The fourth-order valence-corrected chi connectivity index (χ4v) is 3.04. The molecule has 1 saturated heterocycles. The number of hydrogen-bond acceptors (Lipinski definition) is 2. The Kier molecular flexibility index (Phi) is 6.07. The minimum Gasteiger partial charge on any atom is -0.490 e. The van der Waals surface area contributed by atoms with Gasteiger partial charge in [0.25, 0.3) is 0 Å². The first-order valence-corrected chi connectivity index (χ1v) is 8.29. The van der Waals surface area contributed by atoms with E-state index in [9.17, 15) is 5.11 Å². The van der Waals surface area contributed by atoms with Gasteiger partial charge in [0.2, 0.25) is 0 Å². The van der Waals surface area contributed by atoms with Gasteiger partial charge >= 0.3 is 0 Å². The van der Waals surface area contributed by atoms with Crippen LogP contribution in [0, 0.1) is 5.92 Å². The van der Waals surface area contributed by atoms with Gasteiger partial charge in [0.05, 0.1) is 13.1 Å². The lowest BCUT2D eigenvalue weighted by atomic mass is 9.99. The number of aliphatic hydroxyl groups is 1. The molecule has 0 amide bonds. The van der Waals surface area contributed by atoms with Crippen LogP contribution in [-0.2, 0) is 0 Å². The first kappa shape index (κ1) is 16.3. The van der Waals surface area contributed by atoms with E-state index in [2.05, 4.69) is 26.8 Å². The lowest BCUT2D eigenvalue weighted by Gasteiger charge is -2.28. The number of para-hydroxylation sites is 1. The van der Waals surface area contributed by atoms with Crippen molar-refractivity contribution in [1.29, 1.82) is 0 Å². The van der Waals surface area contributed by atoms with Gasteiger partial charge < -0.3 is 14.7 Å². The van der Waals surface area contributed by atoms with E-state index in [1.807, 2.05) is 18.2 Å². The Hall–Kier alpha value is -1.06. The smallest absolute Gasteiger partial charge is 0.137 e. The van der Waals surface area contributed by atoms with Crippen LogP contribution in [0.1, 0.15) is 45.1 Å². The number of hydrogen-bond donors (Lipinski definition) is 2. The highest BCUT2D eigenvalue weighted by atomic mass is 16.5. The van der Waals surface area contributed by atoms with Gasteiger partial charge in [0.1, 0.15) is 25.0 Å². The third-order valence-corrected chi connectivity index (χ3v) is 4.48. The number of likely N-dealkylation sites (tertiary alicyclic amines) is 1. The van der Waals surface area contributed by atoms with Crippen molar-refractivity contribution in [3.8, 4) is 5.75 Å². The molecule has 1 atom stereocenters. The molecule has 2 N–H and O–H groups in total. The average molecular weight is 292 g/mol. The first-order chi connectivity index (χ1) is 10.1. The normalized spacial score (nSPS) is 24.0. The highest BCUT2D eigenvalue weighted by molar-refractivity contribution is 5.35. The average Bonchev–Trinajstić information content (AvgIpc) is 2.48. The molecule has 1 aliphatic rings. The minimum atomic E-state index is -0.381. The molecule has 0 unspecified atom stereocenters. The fraction of sp³-hybridized carbons (Fsp3) is 0.667. The molecule has 1 heterocycles. The Morgan fingerprint density at radius 1 is 1.24 bits per heavy atom. The number of quaternary nitrogens is 1. The van der Waals surface area contributed by atoms with Crippen molar-refractivity contribution >= 4 is 0 Å². The van der Waals surface area contributed by atoms with E-state index in [-0.39, 0.29) is 6.10 Å². The van der Waals surface area contributed by atoms with Crippen LogP contribution in [0.3, 0.4) is 0 Å². The monoisotopic (exact) mass is 292 g/mol. The summed E-state index contributed by atoms with van der Waals surface area (Å²) >= 11 is 0. The second-order valence-corrected chi connectivity index (χ2v) is 6.79. The Labute approximate surface area is 128 Å². The molecule has 0 bridgehead atoms. The summed E-state index contributed by atoms with van der Waals surface area (Å²) in [5, 5.41) is 10.2. The first-order valence-electron chi connectivity index (χ1n) is 8.29. The Morgan fingerprint density at radius 3 is 2.57 bits per heavy atom. The van der Waals surface area contributed by atoms with Crippen molar-refractivity contribution in [1.82, 2.24) is 0 Å². The van der Waals surface area contributed by atoms with E-state index in [4.69, 9.17) is 4.74 Å². The molecule has 0 spiro atoms. The third kappa shape index (κ3) is 5.01. The Balaban J connectivity index is 1.80. The van der Waals surface area contributed by atoms with Gasteiger partial charge in [-0.25, -0.2) is 0 Å². The number of piperidine rings is 1. The SMILES string of the molecule is CC1CC[NH+](C[C@@H](O)COc2ccccc2C(C)C)CC1. The number of rotatable bonds is 6. The second kappa shape index (κ2) is 7.81. The summed E-state index contributed by atoms with van der Waals surface area (Å²) in [6, 6.07) is 8.13. The topological polar surface area (TPSA) is 33.9 Å². The molecule has 0 aliphatic carbocycles. The van der Waals surface area contributed by atoms with Gasteiger partial charge in [-0.3, -0.25) is 0 Å². The predicted molar refractivity (Wildman–Crippen MR) is 86.0 cm³/mol. The van der Waals surface area contributed by atoms with Crippen LogP contribution in [-0.4, -0.2) is 37.5 Å². The van der Waals surface area contributed by atoms with Crippen molar-refractivity contribution < 1.29 is 14.7 Å². The van der Waals surface area contributed by atoms with Gasteiger partial charge in [-0.1, -0.05) is 39.0 Å². The zero-order chi connectivity index (χ0) is 15.2. The summed E-state index contributed by atoms with van der Waals surface area (Å²) in [5.74, 6) is 2.20. The van der Waals surface area contributed by atoms with Gasteiger partial charge in [0.15, 0.2) is 0 Å². The van der Waals surface area contributed by atoms with Crippen LogP contribution in [0.5, 0.6) is 5.75 Å². The van der Waals surface area contributed by atoms with Gasteiger partial charge in [0, 0.05) is 0 Å². The molecule has 1 aliphatic heterocycles. The van der Waals surface area contributed by atoms with Crippen molar-refractivity contribution in [3.05, 3.63) is 29.8 Å². The predicted octanol–water partition coefficient (Wildman–Crippen LogP) is 1.86. The summed E-state index contributed by atoms with van der Waals surface area (Å²) < 4.78 is 5.86. The second-order valence-electron chi connectivity index (χ2n) is 6.79. The zero-order valence-electron chi connectivity index (χ0n) is 13.6. The molecule has 1 fully saturated rings. The number of benzene rings is 1. The molecule has 0 aromatic heterocycles. The maximum atomic E-state index is 10.2. The minimum absolute atomic E-state index is 0.381. The number of nitrogens with one attached hydrogen (secondary N) is 1. The molecule has 3 nitrogen and oxygen atoms in total. The van der Waals surface area contributed by atoms with Crippen LogP contribution in [0.15, 0.2) is 24.3 Å². The number of aliphatic hydroxyl groups excluding tert-OH is 1. The van der Waals surface area contributed by atoms with Crippen molar-refractivity contribution in [2.75, 3.05) is 26.2 Å². The van der Waals surface area contributed by atoms with E-state index in [0.717, 1.165) is 18.2 Å². The van der Waals surface area contributed by atoms with E-state index in [1.54, 1.807) is 0 Å². The van der Waals surface area contributed by atoms with Gasteiger partial charge in [-0.2, -0.15) is 0 Å². The summed E-state index contributed by atoms with van der Waals surface area (Å²) in [6.45, 7) is 10.2. The maximum Gasteiger partial charge on any atom is 0.137 e. The molecule has 1 aromatic carbocycles. The van der Waals surface area contributed by atoms with Crippen LogP contribution in [0.4, 0.5) is 0 Å². The van der Waals surface area contributed by atoms with E-state index in [0.29, 0.717) is 12.5 Å².